The lowest BCUT2D eigenvalue weighted by atomic mass is 10.3. The minimum Gasteiger partial charge on any atom is -0.471 e. The number of carbonyl (C=O) groups is 1. The third-order valence-corrected chi connectivity index (χ3v) is 2.67. The van der Waals surface area contributed by atoms with Crippen molar-refractivity contribution in [2.75, 3.05) is 19.6 Å². The molecule has 2 amide bonds. The number of amides is 2. The third-order valence-electron chi connectivity index (χ3n) is 2.67. The maximum absolute atomic E-state index is 11.7. The van der Waals surface area contributed by atoms with E-state index < -0.39 is 0 Å². The second kappa shape index (κ2) is 6.00. The Bertz CT molecular complexity index is 410. The maximum Gasteiger partial charge on any atom is 0.317 e. The van der Waals surface area contributed by atoms with E-state index in [9.17, 15) is 4.79 Å². The quantitative estimate of drug-likeness (QED) is 0.801. The van der Waals surface area contributed by atoms with Gasteiger partial charge in [-0.1, -0.05) is 6.08 Å². The lowest BCUT2D eigenvalue weighted by Crippen LogP contribution is -2.39. The largest absolute Gasteiger partial charge is 0.471 e. The predicted molar refractivity (Wildman–Crippen MR) is 66.2 cm³/mol. The van der Waals surface area contributed by atoms with Crippen LogP contribution in [0.5, 0.6) is 5.88 Å². The van der Waals surface area contributed by atoms with Gasteiger partial charge in [-0.05, 0) is 6.07 Å². The van der Waals surface area contributed by atoms with E-state index in [-0.39, 0.29) is 12.1 Å². The highest BCUT2D eigenvalue weighted by Crippen LogP contribution is 2.15. The van der Waals surface area contributed by atoms with Gasteiger partial charge in [0.1, 0.15) is 6.10 Å². The zero-order valence-electron chi connectivity index (χ0n) is 10.1. The summed E-state index contributed by atoms with van der Waals surface area (Å²) in [6.45, 7) is 5.29. The van der Waals surface area contributed by atoms with Gasteiger partial charge >= 0.3 is 6.03 Å². The predicted octanol–water partition coefficient (Wildman–Crippen LogP) is 0.825. The highest BCUT2D eigenvalue weighted by Gasteiger charge is 2.27. The van der Waals surface area contributed by atoms with Gasteiger partial charge in [0.25, 0.3) is 0 Å². The number of nitrogens with one attached hydrogen (secondary N) is 1. The van der Waals surface area contributed by atoms with Gasteiger partial charge in [-0.3, -0.25) is 0 Å². The van der Waals surface area contributed by atoms with Crippen LogP contribution in [0.15, 0.2) is 31.0 Å². The number of hydrogen-bond acceptors (Lipinski definition) is 4. The molecule has 2 heterocycles. The van der Waals surface area contributed by atoms with Gasteiger partial charge in [0.15, 0.2) is 0 Å². The van der Waals surface area contributed by atoms with Crippen LogP contribution in [0.4, 0.5) is 4.79 Å². The summed E-state index contributed by atoms with van der Waals surface area (Å²) in [4.78, 5) is 13.4. The summed E-state index contributed by atoms with van der Waals surface area (Å²) in [6, 6.07) is 3.44. The Hall–Kier alpha value is -2.11. The Balaban J connectivity index is 1.81. The molecule has 0 bridgehead atoms. The zero-order chi connectivity index (χ0) is 12.8. The van der Waals surface area contributed by atoms with Crippen LogP contribution >= 0.6 is 0 Å². The van der Waals surface area contributed by atoms with Gasteiger partial charge < -0.3 is 15.0 Å². The Kier molecular flexibility index (Phi) is 4.11. The first-order valence-electron chi connectivity index (χ1n) is 5.87. The molecule has 0 aliphatic carbocycles. The number of urea groups is 1. The minimum absolute atomic E-state index is 0.0174. The molecule has 0 spiro atoms. The summed E-state index contributed by atoms with van der Waals surface area (Å²) in [5.41, 5.74) is 0. The Morgan fingerprint density at radius 1 is 1.72 bits per heavy atom. The number of aromatic nitrogens is 2. The van der Waals surface area contributed by atoms with Gasteiger partial charge in [-0.15, -0.1) is 11.7 Å². The molecule has 1 fully saturated rings. The number of nitrogens with zero attached hydrogens (tertiary/aromatic N) is 3. The normalized spacial score (nSPS) is 18.4. The van der Waals surface area contributed by atoms with Crippen LogP contribution in [-0.4, -0.2) is 46.9 Å². The van der Waals surface area contributed by atoms with Gasteiger partial charge in [-0.25, -0.2) is 4.79 Å². The fourth-order valence-corrected chi connectivity index (χ4v) is 1.80. The monoisotopic (exact) mass is 248 g/mol. The van der Waals surface area contributed by atoms with Gasteiger partial charge in [0.05, 0.1) is 6.54 Å². The van der Waals surface area contributed by atoms with Crippen molar-refractivity contribution >= 4 is 6.03 Å². The van der Waals surface area contributed by atoms with Crippen molar-refractivity contribution in [2.24, 2.45) is 0 Å². The number of ether oxygens (including phenoxy) is 1. The summed E-state index contributed by atoms with van der Waals surface area (Å²) in [7, 11) is 0. The smallest absolute Gasteiger partial charge is 0.317 e. The fraction of sp³-hybridized carbons (Fsp3) is 0.417. The molecule has 2 rings (SSSR count). The van der Waals surface area contributed by atoms with Crippen LogP contribution in [-0.2, 0) is 0 Å². The van der Waals surface area contributed by atoms with Crippen molar-refractivity contribution in [1.29, 1.82) is 0 Å². The second-order valence-electron chi connectivity index (χ2n) is 4.01. The van der Waals surface area contributed by atoms with E-state index in [0.717, 1.165) is 6.42 Å². The molecule has 0 radical (unpaired) electrons. The molecule has 1 aromatic rings. The lowest BCUT2D eigenvalue weighted by Gasteiger charge is -2.16. The van der Waals surface area contributed by atoms with E-state index in [1.54, 1.807) is 29.3 Å². The van der Waals surface area contributed by atoms with Crippen LogP contribution < -0.4 is 10.1 Å². The standard InChI is InChI=1S/C12H16N4O2/c1-2-6-13-12(17)16-8-5-10(9-16)18-11-4-3-7-14-15-11/h2-4,7,10H,1,5-6,8-9H2,(H,13,17). The number of carbonyl (C=O) groups excluding carboxylic acids is 1. The fourth-order valence-electron chi connectivity index (χ4n) is 1.80. The molecule has 1 unspecified atom stereocenters. The number of hydrogen-bond donors (Lipinski definition) is 1. The molecule has 1 aliphatic rings. The van der Waals surface area contributed by atoms with Crippen LogP contribution in [0.25, 0.3) is 0 Å². The molecule has 1 aromatic heterocycles. The van der Waals surface area contributed by atoms with E-state index in [1.165, 1.54) is 0 Å². The molecular weight excluding hydrogens is 232 g/mol. The first-order valence-corrected chi connectivity index (χ1v) is 5.87. The van der Waals surface area contributed by atoms with Crippen molar-refractivity contribution < 1.29 is 9.53 Å². The lowest BCUT2D eigenvalue weighted by molar-refractivity contribution is 0.182. The Morgan fingerprint density at radius 2 is 2.61 bits per heavy atom. The van der Waals surface area contributed by atoms with E-state index in [4.69, 9.17) is 4.74 Å². The van der Waals surface area contributed by atoms with Crippen molar-refractivity contribution in [3.05, 3.63) is 31.0 Å². The van der Waals surface area contributed by atoms with Gasteiger partial charge in [-0.2, -0.15) is 5.10 Å². The van der Waals surface area contributed by atoms with E-state index in [1.807, 2.05) is 0 Å². The summed E-state index contributed by atoms with van der Waals surface area (Å²) in [5.74, 6) is 0.496. The zero-order valence-corrected chi connectivity index (χ0v) is 10.1. The topological polar surface area (TPSA) is 67.4 Å². The number of likely N-dealkylation sites (tertiary alicyclic amines) is 1. The Labute approximate surface area is 106 Å². The minimum atomic E-state index is -0.0832. The van der Waals surface area contributed by atoms with Crippen molar-refractivity contribution in [1.82, 2.24) is 20.4 Å². The first kappa shape index (κ1) is 12.3. The third kappa shape index (κ3) is 3.19. The van der Waals surface area contributed by atoms with Crippen LogP contribution in [0.3, 0.4) is 0 Å². The first-order chi connectivity index (χ1) is 8.79. The van der Waals surface area contributed by atoms with E-state index >= 15 is 0 Å². The van der Waals surface area contributed by atoms with Gasteiger partial charge in [0.2, 0.25) is 5.88 Å². The van der Waals surface area contributed by atoms with E-state index in [2.05, 4.69) is 22.1 Å². The van der Waals surface area contributed by atoms with Crippen LogP contribution in [0, 0.1) is 0 Å². The van der Waals surface area contributed by atoms with Gasteiger partial charge in [0, 0.05) is 31.8 Å². The maximum atomic E-state index is 11.7. The average molecular weight is 248 g/mol. The molecule has 0 aromatic carbocycles. The summed E-state index contributed by atoms with van der Waals surface area (Å²) in [5, 5.41) is 10.3. The summed E-state index contributed by atoms with van der Waals surface area (Å²) >= 11 is 0. The molecule has 0 saturated carbocycles. The molecule has 1 aliphatic heterocycles. The summed E-state index contributed by atoms with van der Waals surface area (Å²) in [6.07, 6.45) is 4.03. The molecule has 1 atom stereocenters. The highest BCUT2D eigenvalue weighted by atomic mass is 16.5. The SMILES string of the molecule is C=CCNC(=O)N1CCC(Oc2cccnn2)C1. The number of rotatable bonds is 4. The molecule has 1 saturated heterocycles. The average Bonchev–Trinajstić information content (AvgIpc) is 2.86. The Morgan fingerprint density at radius 3 is 3.33 bits per heavy atom. The van der Waals surface area contributed by atoms with Crippen LogP contribution in [0.1, 0.15) is 6.42 Å². The molecule has 1 N–H and O–H groups in total. The molecular formula is C12H16N4O2. The molecule has 6 nitrogen and oxygen atoms in total. The molecule has 96 valence electrons. The highest BCUT2D eigenvalue weighted by molar-refractivity contribution is 5.74. The van der Waals surface area contributed by atoms with Crippen molar-refractivity contribution in [3.8, 4) is 5.88 Å². The van der Waals surface area contributed by atoms with E-state index in [0.29, 0.717) is 25.5 Å². The summed E-state index contributed by atoms with van der Waals surface area (Å²) < 4.78 is 5.64. The van der Waals surface area contributed by atoms with Crippen molar-refractivity contribution in [3.63, 3.8) is 0 Å². The second-order valence-corrected chi connectivity index (χ2v) is 4.01. The van der Waals surface area contributed by atoms with Crippen LogP contribution in [0.2, 0.25) is 0 Å². The van der Waals surface area contributed by atoms with Crippen molar-refractivity contribution in [2.45, 2.75) is 12.5 Å². The molecule has 18 heavy (non-hydrogen) atoms. The molecule has 6 heteroatoms.